The number of rotatable bonds is 79. The first-order valence-corrected chi connectivity index (χ1v) is 44.7. The van der Waals surface area contributed by atoms with Gasteiger partial charge in [-0.25, -0.2) is 0 Å². The lowest BCUT2D eigenvalue weighted by Gasteiger charge is -2.28. The van der Waals surface area contributed by atoms with E-state index in [1.54, 1.807) is 0 Å². The summed E-state index contributed by atoms with van der Waals surface area (Å²) >= 11 is 0. The normalized spacial score (nSPS) is 13.8. The average Bonchev–Trinajstić information content (AvgIpc) is 0.920. The lowest BCUT2D eigenvalue weighted by Crippen LogP contribution is -2.37. The second kappa shape index (κ2) is 82.7. The van der Waals surface area contributed by atoms with E-state index in [9.17, 15) is 19.0 Å². The van der Waals surface area contributed by atoms with E-state index < -0.39 is 26.5 Å². The number of esters is 2. The Labute approximate surface area is 643 Å². The molecule has 0 spiro atoms. The molecular formula is C94H162NO8P. The molecule has 0 saturated heterocycles. The molecule has 0 amide bonds. The van der Waals surface area contributed by atoms with Crippen LogP contribution in [-0.4, -0.2) is 70.0 Å². The fourth-order valence-electron chi connectivity index (χ4n) is 12.0. The summed E-state index contributed by atoms with van der Waals surface area (Å²) < 4.78 is 34.4. The van der Waals surface area contributed by atoms with Gasteiger partial charge in [-0.2, -0.15) is 0 Å². The monoisotopic (exact) mass is 1460 g/mol. The maximum Gasteiger partial charge on any atom is 0.306 e. The first-order valence-electron chi connectivity index (χ1n) is 43.2. The van der Waals surface area contributed by atoms with Gasteiger partial charge in [0.1, 0.15) is 19.8 Å². The van der Waals surface area contributed by atoms with E-state index in [1.807, 2.05) is 21.1 Å². The summed E-state index contributed by atoms with van der Waals surface area (Å²) in [6.07, 6.45) is 124. The quantitative estimate of drug-likeness (QED) is 0.0195. The Kier molecular flexibility index (Phi) is 79.2. The zero-order valence-electron chi connectivity index (χ0n) is 68.2. The Bertz CT molecular complexity index is 2320. The highest BCUT2D eigenvalue weighted by atomic mass is 31.2. The van der Waals surface area contributed by atoms with Crippen molar-refractivity contribution in [3.8, 4) is 0 Å². The zero-order valence-corrected chi connectivity index (χ0v) is 69.1. The Hall–Kier alpha value is -4.37. The van der Waals surface area contributed by atoms with E-state index in [4.69, 9.17) is 18.5 Å². The SMILES string of the molecule is CC/C=C\C/C=C\C/C=C\C/C=C\C/C=C\C/C=C\C/C=C\C/C=C\C/C=C\C/C=C\C/C=C\C/C=C\CCCCCCC(=O)OC(COC(=O)CCCCCCCCCCCCCCCCCCCCCCCCCCCCC/C=C\CCCCCCCCCC)COP(=O)([O-])OCC[N+](C)(C)C. The molecule has 0 heterocycles. The van der Waals surface area contributed by atoms with Crippen molar-refractivity contribution in [2.24, 2.45) is 0 Å². The van der Waals surface area contributed by atoms with Gasteiger partial charge >= 0.3 is 11.9 Å². The van der Waals surface area contributed by atoms with Crippen molar-refractivity contribution in [2.75, 3.05) is 47.5 Å². The predicted molar refractivity (Wildman–Crippen MR) is 452 cm³/mol. The molecule has 0 rings (SSSR count). The summed E-state index contributed by atoms with van der Waals surface area (Å²) in [7, 11) is 1.14. The number of allylic oxidation sites excluding steroid dienone is 26. The lowest BCUT2D eigenvalue weighted by atomic mass is 10.0. The number of ether oxygens (including phenoxy) is 2. The topological polar surface area (TPSA) is 111 Å². The molecule has 0 saturated carbocycles. The number of nitrogens with zero attached hydrogens (tertiary/aromatic N) is 1. The van der Waals surface area contributed by atoms with E-state index in [0.717, 1.165) is 122 Å². The number of likely N-dealkylation sites (N-methyl/N-ethyl adjacent to an activating group) is 1. The Morgan fingerprint density at radius 2 is 0.548 bits per heavy atom. The summed E-state index contributed by atoms with van der Waals surface area (Å²) in [4.78, 5) is 38.2. The van der Waals surface area contributed by atoms with Gasteiger partial charge in [-0.05, 0) is 128 Å². The molecule has 0 aliphatic rings. The van der Waals surface area contributed by atoms with Gasteiger partial charge in [0.25, 0.3) is 7.82 Å². The van der Waals surface area contributed by atoms with Gasteiger partial charge in [0.2, 0.25) is 0 Å². The molecule has 0 aliphatic carbocycles. The standard InChI is InChI=1S/C94H162NO8P/c1-6-8-10-12-14-16-18-20-22-24-26-28-30-32-34-36-38-40-42-44-46-47-49-51-53-55-57-59-61-63-65-67-69-71-73-75-77-79-81-83-85-87-94(97)103-92(91-102-104(98,99)101-89-88-95(3,4)5)90-100-93(96)86-84-82-80-78-76-74-72-70-68-66-64-62-60-58-56-54-52-50-48-45-43-41-39-37-35-33-31-29-27-25-23-21-19-17-15-13-11-9-7-2/h8,10,14,16,20,22,25-28,32,34,38,40,44,46,49,51,55,57,61,63,67,69,73,75,92H,6-7,9,11-13,15,17-19,21,23-24,29-31,33,35-37,39,41-43,45,47-48,50,52-54,56,58-60,62,64-66,68,70-72,74,76-91H2,1-5H3/b10-8-,16-14-,22-20-,27-25-,28-26-,34-32-,40-38-,46-44-,51-49-,57-55-,63-61-,69-67-,75-73-. The molecule has 0 aliphatic heterocycles. The Morgan fingerprint density at radius 1 is 0.308 bits per heavy atom. The molecule has 596 valence electrons. The van der Waals surface area contributed by atoms with Crippen LogP contribution >= 0.6 is 7.82 Å². The van der Waals surface area contributed by atoms with Crippen LogP contribution in [0.4, 0.5) is 0 Å². The highest BCUT2D eigenvalue weighted by molar-refractivity contribution is 7.45. The number of hydrogen-bond acceptors (Lipinski definition) is 8. The van der Waals surface area contributed by atoms with Crippen molar-refractivity contribution < 1.29 is 42.1 Å². The van der Waals surface area contributed by atoms with E-state index in [2.05, 4.69) is 172 Å². The smallest absolute Gasteiger partial charge is 0.306 e. The molecule has 2 unspecified atom stereocenters. The average molecular weight is 1470 g/mol. The minimum Gasteiger partial charge on any atom is -0.756 e. The zero-order chi connectivity index (χ0) is 75.4. The summed E-state index contributed by atoms with van der Waals surface area (Å²) in [6, 6.07) is 0. The highest BCUT2D eigenvalue weighted by Crippen LogP contribution is 2.38. The first kappa shape index (κ1) is 99.6. The number of carbonyl (C=O) groups is 2. The fourth-order valence-corrected chi connectivity index (χ4v) is 12.7. The summed E-state index contributed by atoms with van der Waals surface area (Å²) in [5, 5.41) is 0. The molecule has 0 N–H and O–H groups in total. The van der Waals surface area contributed by atoms with Crippen molar-refractivity contribution in [1.82, 2.24) is 0 Å². The maximum absolute atomic E-state index is 12.9. The van der Waals surface area contributed by atoms with E-state index in [0.29, 0.717) is 17.4 Å². The summed E-state index contributed by atoms with van der Waals surface area (Å²) in [5.74, 6) is -0.859. The third-order valence-electron chi connectivity index (χ3n) is 18.5. The van der Waals surface area contributed by atoms with Crippen LogP contribution in [0.1, 0.15) is 373 Å². The molecule has 9 nitrogen and oxygen atoms in total. The van der Waals surface area contributed by atoms with Crippen molar-refractivity contribution >= 4 is 19.8 Å². The fraction of sp³-hybridized carbons (Fsp3) is 0.702. The predicted octanol–water partition coefficient (Wildman–Crippen LogP) is 28.8. The second-order valence-corrected chi connectivity index (χ2v) is 31.2. The highest BCUT2D eigenvalue weighted by Gasteiger charge is 2.22. The Morgan fingerprint density at radius 3 is 0.827 bits per heavy atom. The molecule has 0 radical (unpaired) electrons. The van der Waals surface area contributed by atoms with Crippen LogP contribution in [0.25, 0.3) is 0 Å². The molecule has 10 heteroatoms. The first-order chi connectivity index (χ1) is 51.0. The molecule has 0 aromatic rings. The minimum atomic E-state index is -4.66. The lowest BCUT2D eigenvalue weighted by molar-refractivity contribution is -0.870. The number of phosphoric acid groups is 1. The van der Waals surface area contributed by atoms with Crippen LogP contribution in [0.2, 0.25) is 0 Å². The largest absolute Gasteiger partial charge is 0.756 e. The van der Waals surface area contributed by atoms with Crippen molar-refractivity contribution in [3.05, 3.63) is 158 Å². The molecule has 0 aromatic heterocycles. The van der Waals surface area contributed by atoms with Crippen LogP contribution in [0.3, 0.4) is 0 Å². The summed E-state index contributed by atoms with van der Waals surface area (Å²) in [5.41, 5.74) is 0. The van der Waals surface area contributed by atoms with Crippen LogP contribution < -0.4 is 4.89 Å². The van der Waals surface area contributed by atoms with Crippen molar-refractivity contribution in [1.29, 1.82) is 0 Å². The van der Waals surface area contributed by atoms with E-state index in [-0.39, 0.29) is 32.0 Å². The number of unbranched alkanes of at least 4 members (excludes halogenated alkanes) is 39. The molecular weight excluding hydrogens is 1300 g/mol. The van der Waals surface area contributed by atoms with Gasteiger partial charge in [-0.15, -0.1) is 0 Å². The van der Waals surface area contributed by atoms with Crippen LogP contribution in [-0.2, 0) is 32.7 Å². The number of carbonyl (C=O) groups excluding carboxylic acids is 2. The number of hydrogen-bond donors (Lipinski definition) is 0. The number of phosphoric ester groups is 1. The van der Waals surface area contributed by atoms with Gasteiger partial charge in [-0.3, -0.25) is 14.2 Å². The van der Waals surface area contributed by atoms with Crippen LogP contribution in [0.5, 0.6) is 0 Å². The third kappa shape index (κ3) is 86.5. The van der Waals surface area contributed by atoms with E-state index >= 15 is 0 Å². The van der Waals surface area contributed by atoms with Crippen molar-refractivity contribution in [3.63, 3.8) is 0 Å². The molecule has 0 bridgehead atoms. The molecule has 2 atom stereocenters. The summed E-state index contributed by atoms with van der Waals surface area (Å²) in [6.45, 7) is 4.12. The second-order valence-electron chi connectivity index (χ2n) is 29.8. The van der Waals surface area contributed by atoms with Crippen LogP contribution in [0.15, 0.2) is 158 Å². The number of quaternary nitrogens is 1. The van der Waals surface area contributed by atoms with Gasteiger partial charge in [0.05, 0.1) is 27.7 Å². The molecule has 104 heavy (non-hydrogen) atoms. The molecule has 0 aromatic carbocycles. The van der Waals surface area contributed by atoms with Crippen LogP contribution in [0, 0.1) is 0 Å². The molecule has 0 fully saturated rings. The Balaban J connectivity index is 4.02. The van der Waals surface area contributed by atoms with Gasteiger partial charge in [-0.1, -0.05) is 390 Å². The minimum absolute atomic E-state index is 0.0422. The van der Waals surface area contributed by atoms with E-state index in [1.165, 1.54) is 218 Å². The van der Waals surface area contributed by atoms with Gasteiger partial charge < -0.3 is 27.9 Å². The van der Waals surface area contributed by atoms with Gasteiger partial charge in [0, 0.05) is 12.8 Å². The van der Waals surface area contributed by atoms with Crippen molar-refractivity contribution in [2.45, 2.75) is 380 Å². The van der Waals surface area contributed by atoms with Gasteiger partial charge in [0.15, 0.2) is 6.10 Å². The third-order valence-corrected chi connectivity index (χ3v) is 19.5. The maximum atomic E-state index is 12.9.